The summed E-state index contributed by atoms with van der Waals surface area (Å²) in [6.07, 6.45) is 3.59. The molecule has 0 unspecified atom stereocenters. The molecule has 1 aliphatic carbocycles. The predicted octanol–water partition coefficient (Wildman–Crippen LogP) is 3.16. The molecule has 3 heteroatoms. The number of aliphatic hydroxyl groups is 1. The number of aliphatic hydroxyl groups excluding tert-OH is 1. The highest BCUT2D eigenvalue weighted by molar-refractivity contribution is 6.50. The lowest BCUT2D eigenvalue weighted by Crippen LogP contribution is -2.18. The van der Waals surface area contributed by atoms with Crippen LogP contribution in [0.15, 0.2) is 30.3 Å². The average Bonchev–Trinajstić information content (AvgIpc) is 2.36. The average molecular weight is 232 g/mol. The maximum absolute atomic E-state index is 11.3. The van der Waals surface area contributed by atoms with E-state index in [1.165, 1.54) is 18.9 Å². The van der Waals surface area contributed by atoms with E-state index in [-0.39, 0.29) is 11.3 Å². The van der Waals surface area contributed by atoms with Crippen LogP contribution in [0.5, 0.6) is 0 Å². The second kappa shape index (κ2) is 5.99. The fourth-order valence-electron chi connectivity index (χ4n) is 1.30. The van der Waals surface area contributed by atoms with Gasteiger partial charge in [-0.25, -0.2) is 0 Å². The number of ketones is 2. The van der Waals surface area contributed by atoms with Crippen molar-refractivity contribution in [2.75, 3.05) is 0 Å². The Kier molecular flexibility index (Phi) is 4.64. The molecule has 90 valence electrons. The number of carbonyl (C=O) groups is 2. The number of carbonyl (C=O) groups excluding carboxylic acids is 2. The zero-order valence-corrected chi connectivity index (χ0v) is 10.1. The Morgan fingerprint density at radius 1 is 1.00 bits per heavy atom. The van der Waals surface area contributed by atoms with Crippen molar-refractivity contribution in [3.63, 3.8) is 0 Å². The van der Waals surface area contributed by atoms with E-state index in [0.717, 1.165) is 6.08 Å². The molecule has 2 rings (SSSR count). The van der Waals surface area contributed by atoms with Crippen LogP contribution < -0.4 is 0 Å². The van der Waals surface area contributed by atoms with Crippen LogP contribution in [0, 0.1) is 0 Å². The molecule has 0 fully saturated rings. The van der Waals surface area contributed by atoms with Crippen LogP contribution in [-0.4, -0.2) is 16.7 Å². The van der Waals surface area contributed by atoms with Gasteiger partial charge >= 0.3 is 0 Å². The van der Waals surface area contributed by atoms with Gasteiger partial charge in [0.2, 0.25) is 11.6 Å². The fourth-order valence-corrected chi connectivity index (χ4v) is 1.30. The number of unbranched alkanes of at least 4 members (excludes halogenated alkanes) is 1. The number of benzene rings is 1. The highest BCUT2D eigenvalue weighted by Gasteiger charge is 2.24. The molecular formula is C14H16O3. The second-order valence-electron chi connectivity index (χ2n) is 3.77. The number of allylic oxidation sites excluding steroid dienone is 1. The van der Waals surface area contributed by atoms with Crippen molar-refractivity contribution in [3.05, 3.63) is 41.5 Å². The van der Waals surface area contributed by atoms with Crippen molar-refractivity contribution < 1.29 is 14.7 Å². The summed E-state index contributed by atoms with van der Waals surface area (Å²) in [5, 5.41) is 9.34. The summed E-state index contributed by atoms with van der Waals surface area (Å²) >= 11 is 0. The fraction of sp³-hybridized carbons (Fsp3) is 0.286. The monoisotopic (exact) mass is 232 g/mol. The van der Waals surface area contributed by atoms with Gasteiger partial charge in [-0.05, 0) is 0 Å². The molecular weight excluding hydrogens is 216 g/mol. The van der Waals surface area contributed by atoms with Crippen molar-refractivity contribution in [3.8, 4) is 0 Å². The van der Waals surface area contributed by atoms with E-state index in [1.807, 2.05) is 0 Å². The first-order valence-corrected chi connectivity index (χ1v) is 5.70. The molecule has 1 N–H and O–H groups in total. The minimum atomic E-state index is -0.670. The van der Waals surface area contributed by atoms with Crippen LogP contribution in [0.4, 0.5) is 0 Å². The smallest absolute Gasteiger partial charge is 0.233 e. The SMILES string of the molecule is CCCC.O=C1C=C(O)c2ccccc2C1=O. The number of rotatable bonds is 1. The molecule has 0 bridgehead atoms. The van der Waals surface area contributed by atoms with E-state index in [9.17, 15) is 14.7 Å². The van der Waals surface area contributed by atoms with Crippen molar-refractivity contribution >= 4 is 17.3 Å². The third-order valence-electron chi connectivity index (χ3n) is 2.44. The maximum atomic E-state index is 11.3. The minimum absolute atomic E-state index is 0.139. The molecule has 0 heterocycles. The van der Waals surface area contributed by atoms with E-state index in [2.05, 4.69) is 13.8 Å². The van der Waals surface area contributed by atoms with Crippen molar-refractivity contribution in [2.24, 2.45) is 0 Å². The van der Waals surface area contributed by atoms with E-state index in [1.54, 1.807) is 18.2 Å². The first-order chi connectivity index (χ1) is 8.11. The molecule has 0 spiro atoms. The van der Waals surface area contributed by atoms with E-state index >= 15 is 0 Å². The molecule has 3 nitrogen and oxygen atoms in total. The lowest BCUT2D eigenvalue weighted by molar-refractivity contribution is -0.111. The summed E-state index contributed by atoms with van der Waals surface area (Å²) in [6, 6.07) is 6.48. The molecule has 1 aliphatic rings. The van der Waals surface area contributed by atoms with Gasteiger partial charge in [-0.1, -0.05) is 51.0 Å². The second-order valence-corrected chi connectivity index (χ2v) is 3.77. The van der Waals surface area contributed by atoms with E-state index in [0.29, 0.717) is 5.56 Å². The normalized spacial score (nSPS) is 13.4. The van der Waals surface area contributed by atoms with Gasteiger partial charge in [-0.2, -0.15) is 0 Å². The third kappa shape index (κ3) is 3.03. The van der Waals surface area contributed by atoms with Gasteiger partial charge in [0.15, 0.2) is 0 Å². The highest BCUT2D eigenvalue weighted by Crippen LogP contribution is 2.22. The summed E-state index contributed by atoms with van der Waals surface area (Å²) < 4.78 is 0. The summed E-state index contributed by atoms with van der Waals surface area (Å²) in [4.78, 5) is 22.2. The maximum Gasteiger partial charge on any atom is 0.233 e. The Hall–Kier alpha value is -1.90. The first-order valence-electron chi connectivity index (χ1n) is 5.70. The molecule has 0 amide bonds. The van der Waals surface area contributed by atoms with Crippen LogP contribution in [-0.2, 0) is 4.79 Å². The number of hydrogen-bond acceptors (Lipinski definition) is 3. The van der Waals surface area contributed by atoms with Crippen LogP contribution in [0.2, 0.25) is 0 Å². The molecule has 0 radical (unpaired) electrons. The van der Waals surface area contributed by atoms with Gasteiger partial charge in [0.05, 0.1) is 0 Å². The Morgan fingerprint density at radius 2 is 1.53 bits per heavy atom. The molecule has 0 saturated heterocycles. The lowest BCUT2D eigenvalue weighted by Gasteiger charge is -2.10. The molecule has 0 saturated carbocycles. The Labute approximate surface area is 101 Å². The standard InChI is InChI=1S/C10H6O3.C4H10/c11-8-5-9(12)10(13)7-4-2-1-3-6(7)8;1-3-4-2/h1-5,11H;3-4H2,1-2H3. The zero-order chi connectivity index (χ0) is 12.8. The van der Waals surface area contributed by atoms with Gasteiger partial charge in [0.25, 0.3) is 0 Å². The Bertz CT molecular complexity index is 456. The van der Waals surface area contributed by atoms with Crippen LogP contribution in [0.25, 0.3) is 5.76 Å². The predicted molar refractivity (Wildman–Crippen MR) is 67.0 cm³/mol. The minimum Gasteiger partial charge on any atom is -0.507 e. The van der Waals surface area contributed by atoms with Crippen LogP contribution >= 0.6 is 0 Å². The topological polar surface area (TPSA) is 54.4 Å². The van der Waals surface area contributed by atoms with Crippen LogP contribution in [0.3, 0.4) is 0 Å². The summed E-state index contributed by atoms with van der Waals surface area (Å²) in [6.45, 7) is 4.36. The quantitative estimate of drug-likeness (QED) is 0.757. The van der Waals surface area contributed by atoms with Gasteiger partial charge in [-0.3, -0.25) is 9.59 Å². The number of fused-ring (bicyclic) bond motifs is 1. The Morgan fingerprint density at radius 3 is 2.06 bits per heavy atom. The Balaban J connectivity index is 0.000000317. The molecule has 0 aliphatic heterocycles. The molecule has 17 heavy (non-hydrogen) atoms. The highest BCUT2D eigenvalue weighted by atomic mass is 16.3. The zero-order valence-electron chi connectivity index (χ0n) is 10.1. The third-order valence-corrected chi connectivity index (χ3v) is 2.44. The number of hydrogen-bond donors (Lipinski definition) is 1. The molecule has 1 aromatic rings. The molecule has 0 aromatic heterocycles. The van der Waals surface area contributed by atoms with Crippen molar-refractivity contribution in [1.29, 1.82) is 0 Å². The van der Waals surface area contributed by atoms with Gasteiger partial charge in [0, 0.05) is 17.2 Å². The van der Waals surface area contributed by atoms with E-state index < -0.39 is 11.6 Å². The first kappa shape index (κ1) is 13.2. The van der Waals surface area contributed by atoms with Gasteiger partial charge in [0.1, 0.15) is 5.76 Å². The van der Waals surface area contributed by atoms with E-state index in [4.69, 9.17) is 0 Å². The lowest BCUT2D eigenvalue weighted by atomic mass is 9.94. The summed E-state index contributed by atoms with van der Waals surface area (Å²) in [5.74, 6) is -1.37. The molecule has 1 aromatic carbocycles. The van der Waals surface area contributed by atoms with Gasteiger partial charge in [-0.15, -0.1) is 0 Å². The summed E-state index contributed by atoms with van der Waals surface area (Å²) in [7, 11) is 0. The summed E-state index contributed by atoms with van der Waals surface area (Å²) in [5.41, 5.74) is 0.694. The largest absolute Gasteiger partial charge is 0.507 e. The van der Waals surface area contributed by atoms with Crippen LogP contribution in [0.1, 0.15) is 42.6 Å². The molecule has 0 atom stereocenters. The number of Topliss-reactive ketones (excluding diaryl/α,β-unsaturated/α-hetero) is 1. The van der Waals surface area contributed by atoms with Gasteiger partial charge < -0.3 is 5.11 Å². The van der Waals surface area contributed by atoms with Crippen molar-refractivity contribution in [1.82, 2.24) is 0 Å². The van der Waals surface area contributed by atoms with Crippen molar-refractivity contribution in [2.45, 2.75) is 26.7 Å².